The van der Waals surface area contributed by atoms with E-state index in [1.807, 2.05) is 29.6 Å². The van der Waals surface area contributed by atoms with Gasteiger partial charge in [0.2, 0.25) is 5.78 Å². The van der Waals surface area contributed by atoms with Gasteiger partial charge in [-0.1, -0.05) is 29.8 Å². The number of hydrogen-bond donors (Lipinski definition) is 0. The lowest BCUT2D eigenvalue weighted by Crippen LogP contribution is -2.00. The molecule has 88 valence electrons. The summed E-state index contributed by atoms with van der Waals surface area (Å²) >= 11 is 7.37. The molecule has 3 aromatic rings. The van der Waals surface area contributed by atoms with E-state index in [-0.39, 0.29) is 5.78 Å². The Bertz CT molecular complexity index is 730. The molecule has 0 fully saturated rings. The van der Waals surface area contributed by atoms with Crippen molar-refractivity contribution in [3.63, 3.8) is 0 Å². The summed E-state index contributed by atoms with van der Waals surface area (Å²) in [5.74, 6) is -0.0476. The summed E-state index contributed by atoms with van der Waals surface area (Å²) in [5.41, 5.74) is 1.46. The minimum Gasteiger partial charge on any atom is -0.288 e. The molecule has 3 rings (SSSR count). The molecular weight excluding hydrogens is 266 g/mol. The Morgan fingerprint density at radius 2 is 2.00 bits per heavy atom. The second-order valence-corrected chi connectivity index (χ2v) is 5.13. The van der Waals surface area contributed by atoms with Gasteiger partial charge >= 0.3 is 0 Å². The first-order chi connectivity index (χ1) is 8.77. The summed E-state index contributed by atoms with van der Waals surface area (Å²) in [5, 5.41) is 3.18. The summed E-state index contributed by atoms with van der Waals surface area (Å²) < 4.78 is 0. The van der Waals surface area contributed by atoms with E-state index < -0.39 is 0 Å². The van der Waals surface area contributed by atoms with Crippen LogP contribution in [0.1, 0.15) is 15.2 Å². The number of carbonyl (C=O) groups excluding carboxylic acids is 1. The van der Waals surface area contributed by atoms with Crippen molar-refractivity contribution in [2.45, 2.75) is 0 Å². The Labute approximate surface area is 113 Å². The van der Waals surface area contributed by atoms with Crippen LogP contribution in [0, 0.1) is 0 Å². The highest BCUT2D eigenvalue weighted by Gasteiger charge is 2.16. The molecule has 0 unspecified atom stereocenters. The van der Waals surface area contributed by atoms with Gasteiger partial charge in [0.15, 0.2) is 0 Å². The fourth-order valence-electron chi connectivity index (χ4n) is 1.87. The molecule has 2 nitrogen and oxygen atoms in total. The fraction of sp³-hybridized carbons (Fsp3) is 0. The highest BCUT2D eigenvalue weighted by atomic mass is 35.5. The summed E-state index contributed by atoms with van der Waals surface area (Å²) in [7, 11) is 0. The maximum atomic E-state index is 12.4. The number of rotatable bonds is 2. The highest BCUT2D eigenvalue weighted by Crippen LogP contribution is 2.27. The topological polar surface area (TPSA) is 30.0 Å². The van der Waals surface area contributed by atoms with Gasteiger partial charge in [0.05, 0.1) is 15.4 Å². The van der Waals surface area contributed by atoms with Gasteiger partial charge in [-0.25, -0.2) is 0 Å². The molecule has 0 amide bonds. The second-order valence-electron chi connectivity index (χ2n) is 3.80. The van der Waals surface area contributed by atoms with Gasteiger partial charge in [-0.05, 0) is 23.6 Å². The highest BCUT2D eigenvalue weighted by molar-refractivity contribution is 7.13. The summed E-state index contributed by atoms with van der Waals surface area (Å²) in [4.78, 5) is 17.3. The first-order valence-electron chi connectivity index (χ1n) is 5.39. The summed E-state index contributed by atoms with van der Waals surface area (Å²) in [6, 6.07) is 11.1. The van der Waals surface area contributed by atoms with Crippen LogP contribution < -0.4 is 0 Å². The van der Waals surface area contributed by atoms with Crippen molar-refractivity contribution < 1.29 is 4.79 Å². The molecule has 0 atom stereocenters. The van der Waals surface area contributed by atoms with E-state index in [0.29, 0.717) is 15.5 Å². The Morgan fingerprint density at radius 1 is 1.17 bits per heavy atom. The Kier molecular flexibility index (Phi) is 2.86. The number of benzene rings is 1. The minimum absolute atomic E-state index is 0.0476. The first kappa shape index (κ1) is 11.4. The Morgan fingerprint density at radius 3 is 2.78 bits per heavy atom. The number of ketones is 1. The van der Waals surface area contributed by atoms with Crippen LogP contribution in [0.4, 0.5) is 0 Å². The van der Waals surface area contributed by atoms with E-state index in [1.54, 1.807) is 18.3 Å². The Hall–Kier alpha value is -1.71. The van der Waals surface area contributed by atoms with E-state index in [9.17, 15) is 4.79 Å². The van der Waals surface area contributed by atoms with Crippen LogP contribution in [0.25, 0.3) is 10.9 Å². The predicted molar refractivity (Wildman–Crippen MR) is 74.5 cm³/mol. The van der Waals surface area contributed by atoms with E-state index in [4.69, 9.17) is 11.6 Å². The number of hydrogen-bond acceptors (Lipinski definition) is 3. The molecule has 2 heterocycles. The molecule has 0 aliphatic rings. The largest absolute Gasteiger partial charge is 0.288 e. The lowest BCUT2D eigenvalue weighted by molar-refractivity contribution is 0.104. The average Bonchev–Trinajstić information content (AvgIpc) is 2.83. The number of pyridine rings is 1. The number of thiophene rings is 1. The molecule has 2 aromatic heterocycles. The monoisotopic (exact) mass is 273 g/mol. The third-order valence-electron chi connectivity index (χ3n) is 2.72. The quantitative estimate of drug-likeness (QED) is 0.656. The van der Waals surface area contributed by atoms with Gasteiger partial charge in [-0.15, -0.1) is 11.3 Å². The van der Waals surface area contributed by atoms with Crippen molar-refractivity contribution in [1.82, 2.24) is 4.98 Å². The lowest BCUT2D eigenvalue weighted by Gasteiger charge is -2.03. The van der Waals surface area contributed by atoms with Gasteiger partial charge in [0.25, 0.3) is 0 Å². The molecule has 0 bridgehead atoms. The van der Waals surface area contributed by atoms with Gasteiger partial charge in [-0.2, -0.15) is 0 Å². The van der Waals surface area contributed by atoms with Gasteiger partial charge in [0.1, 0.15) is 0 Å². The van der Waals surface area contributed by atoms with Crippen LogP contribution in [0.3, 0.4) is 0 Å². The third-order valence-corrected chi connectivity index (χ3v) is 4.06. The normalized spacial score (nSPS) is 10.7. The van der Waals surface area contributed by atoms with Gasteiger partial charge in [-0.3, -0.25) is 9.78 Å². The molecule has 0 saturated heterocycles. The predicted octanol–water partition coefficient (Wildman–Crippen LogP) is 4.18. The molecule has 0 aliphatic carbocycles. The second kappa shape index (κ2) is 4.52. The van der Waals surface area contributed by atoms with Gasteiger partial charge < -0.3 is 0 Å². The maximum Gasteiger partial charge on any atom is 0.205 e. The van der Waals surface area contributed by atoms with Crippen LogP contribution in [0.5, 0.6) is 0 Å². The summed E-state index contributed by atoms with van der Waals surface area (Å²) in [6.07, 6.45) is 1.65. The van der Waals surface area contributed by atoms with Crippen LogP contribution in [0.15, 0.2) is 48.0 Å². The fourth-order valence-corrected chi connectivity index (χ4v) is 2.97. The van der Waals surface area contributed by atoms with Crippen LogP contribution in [-0.2, 0) is 0 Å². The number of aromatic nitrogens is 1. The SMILES string of the molecule is O=C(c1sccc1Cl)c1ccnc2ccccc12. The van der Waals surface area contributed by atoms with Crippen molar-refractivity contribution in [2.24, 2.45) is 0 Å². The van der Waals surface area contributed by atoms with Gasteiger partial charge in [0, 0.05) is 17.1 Å². The zero-order chi connectivity index (χ0) is 12.5. The van der Waals surface area contributed by atoms with E-state index in [1.165, 1.54) is 11.3 Å². The molecule has 4 heteroatoms. The molecule has 0 spiro atoms. The van der Waals surface area contributed by atoms with Crippen LogP contribution >= 0.6 is 22.9 Å². The smallest absolute Gasteiger partial charge is 0.205 e. The van der Waals surface area contributed by atoms with E-state index >= 15 is 0 Å². The maximum absolute atomic E-state index is 12.4. The van der Waals surface area contributed by atoms with Crippen LogP contribution in [-0.4, -0.2) is 10.8 Å². The molecular formula is C14H8ClNOS. The lowest BCUT2D eigenvalue weighted by atomic mass is 10.0. The minimum atomic E-state index is -0.0476. The molecule has 18 heavy (non-hydrogen) atoms. The molecule has 0 N–H and O–H groups in total. The molecule has 0 radical (unpaired) electrons. The number of nitrogens with zero attached hydrogens (tertiary/aromatic N) is 1. The van der Waals surface area contributed by atoms with E-state index in [2.05, 4.69) is 4.98 Å². The van der Waals surface area contributed by atoms with Crippen LogP contribution in [0.2, 0.25) is 5.02 Å². The first-order valence-corrected chi connectivity index (χ1v) is 6.64. The standard InChI is InChI=1S/C14H8ClNOS/c15-11-6-8-18-14(11)13(17)10-5-7-16-12-4-2-1-3-9(10)12/h1-8H. The Balaban J connectivity index is 2.21. The molecule has 0 saturated carbocycles. The zero-order valence-electron chi connectivity index (χ0n) is 9.26. The van der Waals surface area contributed by atoms with Crippen molar-refractivity contribution in [3.8, 4) is 0 Å². The van der Waals surface area contributed by atoms with E-state index in [0.717, 1.165) is 10.9 Å². The third kappa shape index (κ3) is 1.82. The number of carbonyl (C=O) groups is 1. The number of para-hydroxylation sites is 1. The number of fused-ring (bicyclic) bond motifs is 1. The summed E-state index contributed by atoms with van der Waals surface area (Å²) in [6.45, 7) is 0. The molecule has 1 aromatic carbocycles. The van der Waals surface area contributed by atoms with Crippen molar-refractivity contribution in [2.75, 3.05) is 0 Å². The number of halogens is 1. The average molecular weight is 274 g/mol. The molecule has 0 aliphatic heterocycles. The zero-order valence-corrected chi connectivity index (χ0v) is 10.8. The van der Waals surface area contributed by atoms with Crippen molar-refractivity contribution in [1.29, 1.82) is 0 Å². The van der Waals surface area contributed by atoms with Crippen molar-refractivity contribution in [3.05, 3.63) is 63.4 Å². The van der Waals surface area contributed by atoms with Crippen molar-refractivity contribution >= 4 is 39.6 Å².